The van der Waals surface area contributed by atoms with Crippen molar-refractivity contribution in [2.75, 3.05) is 13.1 Å². The lowest BCUT2D eigenvalue weighted by molar-refractivity contribution is -0.147. The molecule has 0 unspecified atom stereocenters. The number of Topliss-reactive ketones (excluding diaryl/α,β-unsaturated/α-hetero) is 1. The fraction of sp³-hybridized carbons (Fsp3) is 0.542. The number of amides is 1. The van der Waals surface area contributed by atoms with E-state index in [1.807, 2.05) is 13.8 Å². The highest BCUT2D eigenvalue weighted by atomic mass is 35.5. The highest BCUT2D eigenvalue weighted by Gasteiger charge is 2.43. The molecule has 2 aromatic rings. The first-order chi connectivity index (χ1) is 17.3. The molecule has 0 radical (unpaired) electrons. The van der Waals surface area contributed by atoms with Crippen LogP contribution >= 0.6 is 23.2 Å². The summed E-state index contributed by atoms with van der Waals surface area (Å²) < 4.78 is 43.5. The van der Waals surface area contributed by atoms with E-state index in [9.17, 15) is 32.7 Å². The molecule has 2 heterocycles. The second-order valence-electron chi connectivity index (χ2n) is 9.50. The van der Waals surface area contributed by atoms with Gasteiger partial charge >= 0.3 is 12.1 Å². The number of aliphatic carboxylic acids is 1. The number of carbonyl (C=O) groups is 3. The van der Waals surface area contributed by atoms with Gasteiger partial charge in [-0.25, -0.2) is 0 Å². The summed E-state index contributed by atoms with van der Waals surface area (Å²) in [5.74, 6) is -3.12. The van der Waals surface area contributed by atoms with Crippen LogP contribution in [0.1, 0.15) is 78.4 Å². The second kappa shape index (κ2) is 11.8. The molecule has 0 atom stereocenters. The van der Waals surface area contributed by atoms with Gasteiger partial charge in [0.1, 0.15) is 0 Å². The fourth-order valence-electron chi connectivity index (χ4n) is 4.41. The Bertz CT molecular complexity index is 1140. The molecule has 2 aromatic heterocycles. The number of aromatic nitrogens is 3. The molecule has 37 heavy (non-hydrogen) atoms. The van der Waals surface area contributed by atoms with Gasteiger partial charge in [0.05, 0.1) is 45.9 Å². The van der Waals surface area contributed by atoms with Gasteiger partial charge in [0.25, 0.3) is 5.91 Å². The van der Waals surface area contributed by atoms with Gasteiger partial charge in [-0.1, -0.05) is 37.0 Å². The van der Waals surface area contributed by atoms with Crippen molar-refractivity contribution < 1.29 is 32.7 Å². The number of ketones is 1. The SMILES string of the molecule is CC(C)CCN(CC(=O)c1c(Cl)cncc1Cl)C(=O)c1cnn(C2CCC(C(=O)O)CC2)c1C(F)(F)F. The summed E-state index contributed by atoms with van der Waals surface area (Å²) in [6.45, 7) is 3.25. The first-order valence-electron chi connectivity index (χ1n) is 11.8. The van der Waals surface area contributed by atoms with Crippen LogP contribution in [0.4, 0.5) is 13.2 Å². The van der Waals surface area contributed by atoms with Gasteiger partial charge in [0, 0.05) is 18.9 Å². The zero-order valence-electron chi connectivity index (χ0n) is 20.3. The Kier molecular flexibility index (Phi) is 9.22. The molecule has 0 aliphatic heterocycles. The molecule has 1 saturated carbocycles. The Balaban J connectivity index is 1.94. The molecule has 1 fully saturated rings. The summed E-state index contributed by atoms with van der Waals surface area (Å²) in [5, 5.41) is 13.0. The Labute approximate surface area is 221 Å². The molecular formula is C24H27Cl2F3N4O4. The summed E-state index contributed by atoms with van der Waals surface area (Å²) in [6, 6.07) is -0.700. The number of pyridine rings is 1. The van der Waals surface area contributed by atoms with E-state index in [-0.39, 0.29) is 53.8 Å². The van der Waals surface area contributed by atoms with Crippen molar-refractivity contribution in [1.29, 1.82) is 0 Å². The number of carboxylic acids is 1. The largest absolute Gasteiger partial charge is 0.481 e. The average molecular weight is 563 g/mol. The number of hydrogen-bond acceptors (Lipinski definition) is 5. The zero-order chi connectivity index (χ0) is 27.5. The van der Waals surface area contributed by atoms with E-state index < -0.39 is 53.6 Å². The number of carbonyl (C=O) groups excluding carboxylic acids is 2. The van der Waals surface area contributed by atoms with Gasteiger partial charge in [-0.3, -0.25) is 24.0 Å². The van der Waals surface area contributed by atoms with E-state index in [1.165, 1.54) is 12.4 Å². The Morgan fingerprint density at radius 3 is 2.22 bits per heavy atom. The Morgan fingerprint density at radius 1 is 1.11 bits per heavy atom. The van der Waals surface area contributed by atoms with Crippen molar-refractivity contribution in [2.24, 2.45) is 11.8 Å². The first-order valence-corrected chi connectivity index (χ1v) is 12.6. The molecule has 1 N–H and O–H groups in total. The molecule has 8 nitrogen and oxygen atoms in total. The summed E-state index contributed by atoms with van der Waals surface area (Å²) >= 11 is 12.1. The van der Waals surface area contributed by atoms with Crippen LogP contribution in [0.5, 0.6) is 0 Å². The number of hydrogen-bond donors (Lipinski definition) is 1. The predicted molar refractivity (Wildman–Crippen MR) is 130 cm³/mol. The molecule has 13 heteroatoms. The number of carboxylic acid groups (broad SMARTS) is 1. The summed E-state index contributed by atoms with van der Waals surface area (Å²) in [6.07, 6.45) is -0.382. The third kappa shape index (κ3) is 6.81. The van der Waals surface area contributed by atoms with Gasteiger partial charge < -0.3 is 10.0 Å². The van der Waals surface area contributed by atoms with E-state index in [0.717, 1.165) is 15.8 Å². The number of rotatable bonds is 9. The van der Waals surface area contributed by atoms with Crippen molar-refractivity contribution in [2.45, 2.75) is 58.2 Å². The van der Waals surface area contributed by atoms with E-state index in [1.54, 1.807) is 0 Å². The van der Waals surface area contributed by atoms with Gasteiger partial charge in [-0.05, 0) is 38.0 Å². The van der Waals surface area contributed by atoms with Crippen molar-refractivity contribution in [3.05, 3.63) is 45.5 Å². The first kappa shape index (κ1) is 28.9. The van der Waals surface area contributed by atoms with Crippen molar-refractivity contribution in [3.63, 3.8) is 0 Å². The molecule has 0 aromatic carbocycles. The van der Waals surface area contributed by atoms with Crippen LogP contribution in [0.15, 0.2) is 18.6 Å². The predicted octanol–water partition coefficient (Wildman–Crippen LogP) is 5.79. The lowest BCUT2D eigenvalue weighted by Crippen LogP contribution is -2.38. The molecule has 202 valence electrons. The molecule has 3 rings (SSSR count). The van der Waals surface area contributed by atoms with Crippen molar-refractivity contribution in [1.82, 2.24) is 19.7 Å². The summed E-state index contributed by atoms with van der Waals surface area (Å²) in [7, 11) is 0. The minimum Gasteiger partial charge on any atom is -0.481 e. The smallest absolute Gasteiger partial charge is 0.433 e. The lowest BCUT2D eigenvalue weighted by Gasteiger charge is -2.28. The maximum Gasteiger partial charge on any atom is 0.433 e. The van der Waals surface area contributed by atoms with Gasteiger partial charge in [0.2, 0.25) is 0 Å². The van der Waals surface area contributed by atoms with Crippen LogP contribution in [0.25, 0.3) is 0 Å². The third-order valence-corrected chi connectivity index (χ3v) is 6.99. The average Bonchev–Trinajstić information content (AvgIpc) is 3.27. The van der Waals surface area contributed by atoms with Crippen LogP contribution in [0, 0.1) is 11.8 Å². The molecule has 1 aliphatic rings. The molecular weight excluding hydrogens is 536 g/mol. The number of alkyl halides is 3. The monoisotopic (exact) mass is 562 g/mol. The van der Waals surface area contributed by atoms with Gasteiger partial charge in [0.15, 0.2) is 11.5 Å². The van der Waals surface area contributed by atoms with Crippen LogP contribution in [0.3, 0.4) is 0 Å². The van der Waals surface area contributed by atoms with Crippen LogP contribution in [-0.2, 0) is 11.0 Å². The number of nitrogens with zero attached hydrogens (tertiary/aromatic N) is 4. The van der Waals surface area contributed by atoms with E-state index in [2.05, 4.69) is 10.1 Å². The minimum atomic E-state index is -4.91. The molecule has 1 aliphatic carbocycles. The van der Waals surface area contributed by atoms with Crippen molar-refractivity contribution in [3.8, 4) is 0 Å². The molecule has 1 amide bonds. The molecule has 0 saturated heterocycles. The van der Waals surface area contributed by atoms with E-state index in [4.69, 9.17) is 23.2 Å². The zero-order valence-corrected chi connectivity index (χ0v) is 21.8. The normalized spacial score (nSPS) is 18.2. The Morgan fingerprint density at radius 2 is 1.70 bits per heavy atom. The topological polar surface area (TPSA) is 105 Å². The standard InChI is InChI=1S/C24H27Cl2F3N4O4/c1-13(2)7-8-32(12-19(34)20-17(25)10-30-11-18(20)26)22(35)16-9-31-33(21(16)24(27,28)29)15-5-3-14(4-6-15)23(36)37/h9-11,13-15H,3-8,12H2,1-2H3,(H,36,37). The maximum absolute atomic E-state index is 14.2. The van der Waals surface area contributed by atoms with Gasteiger partial charge in [-0.2, -0.15) is 18.3 Å². The van der Waals surface area contributed by atoms with Crippen molar-refractivity contribution >= 4 is 40.9 Å². The highest BCUT2D eigenvalue weighted by Crippen LogP contribution is 2.39. The summed E-state index contributed by atoms with van der Waals surface area (Å²) in [5.41, 5.74) is -1.95. The van der Waals surface area contributed by atoms with Crippen LogP contribution in [0.2, 0.25) is 10.0 Å². The van der Waals surface area contributed by atoms with E-state index in [0.29, 0.717) is 6.42 Å². The highest BCUT2D eigenvalue weighted by molar-refractivity contribution is 6.39. The van der Waals surface area contributed by atoms with Crippen LogP contribution in [-0.4, -0.2) is 55.5 Å². The fourth-order valence-corrected chi connectivity index (χ4v) is 4.99. The van der Waals surface area contributed by atoms with Crippen LogP contribution < -0.4 is 0 Å². The van der Waals surface area contributed by atoms with Gasteiger partial charge in [-0.15, -0.1) is 0 Å². The van der Waals surface area contributed by atoms with E-state index >= 15 is 0 Å². The lowest BCUT2D eigenvalue weighted by atomic mass is 9.86. The second-order valence-corrected chi connectivity index (χ2v) is 10.3. The quantitative estimate of drug-likeness (QED) is 0.388. The third-order valence-electron chi connectivity index (χ3n) is 6.42. The minimum absolute atomic E-state index is 0.0226. The Hall–Kier alpha value is -2.66. The maximum atomic E-state index is 14.2. The number of halogens is 5. The summed E-state index contributed by atoms with van der Waals surface area (Å²) in [4.78, 5) is 42.5. The molecule has 0 bridgehead atoms. The molecule has 0 spiro atoms.